The molecule has 0 heterocycles. The molecule has 0 saturated heterocycles. The van der Waals surface area contributed by atoms with Gasteiger partial charge in [0, 0.05) is 0 Å². The summed E-state index contributed by atoms with van der Waals surface area (Å²) in [5, 5.41) is 0. The lowest BCUT2D eigenvalue weighted by Gasteiger charge is -2.03. The second kappa shape index (κ2) is 8.69. The fraction of sp³-hybridized carbons (Fsp3) is 0.200. The lowest BCUT2D eigenvalue weighted by molar-refractivity contribution is 0.968. The topological polar surface area (TPSA) is 26.0 Å². The van der Waals surface area contributed by atoms with Crippen LogP contribution in [0.2, 0.25) is 0 Å². The van der Waals surface area contributed by atoms with Crippen molar-refractivity contribution < 1.29 is 0 Å². The van der Waals surface area contributed by atoms with Gasteiger partial charge in [-0.15, -0.1) is 13.2 Å². The van der Waals surface area contributed by atoms with E-state index >= 15 is 0 Å². The SMILES string of the molecule is C=C.C=C/C(=C\C)c1ccc(CCN)cc1. The molecule has 0 saturated carbocycles. The van der Waals surface area contributed by atoms with Crippen LogP contribution in [-0.4, -0.2) is 6.54 Å². The Balaban J connectivity index is 0.00000106. The molecular weight excluding hydrogens is 194 g/mol. The Bertz CT molecular complexity index is 333. The molecule has 0 bridgehead atoms. The van der Waals surface area contributed by atoms with Gasteiger partial charge in [-0.05, 0) is 36.6 Å². The smallest absolute Gasteiger partial charge is 0.00367 e. The molecule has 0 spiro atoms. The molecule has 0 aliphatic rings. The highest BCUT2D eigenvalue weighted by molar-refractivity contribution is 5.73. The molecule has 2 N–H and O–H groups in total. The lowest BCUT2D eigenvalue weighted by atomic mass is 10.0. The highest BCUT2D eigenvalue weighted by Gasteiger charge is 1.96. The van der Waals surface area contributed by atoms with Crippen LogP contribution in [0, 0.1) is 0 Å². The van der Waals surface area contributed by atoms with Crippen LogP contribution in [0.15, 0.2) is 56.2 Å². The van der Waals surface area contributed by atoms with Crippen LogP contribution in [0.5, 0.6) is 0 Å². The van der Waals surface area contributed by atoms with Crippen LogP contribution in [0.3, 0.4) is 0 Å². The molecule has 0 aromatic heterocycles. The van der Waals surface area contributed by atoms with E-state index in [2.05, 4.69) is 50.1 Å². The second-order valence-corrected chi connectivity index (χ2v) is 3.18. The molecule has 1 aromatic rings. The van der Waals surface area contributed by atoms with Crippen LogP contribution in [0.25, 0.3) is 5.57 Å². The normalized spacial score (nSPS) is 10.2. The third-order valence-electron chi connectivity index (χ3n) is 2.25. The summed E-state index contributed by atoms with van der Waals surface area (Å²) < 4.78 is 0. The fourth-order valence-electron chi connectivity index (χ4n) is 1.43. The molecular formula is C15H21N. The van der Waals surface area contributed by atoms with Gasteiger partial charge in [0.15, 0.2) is 0 Å². The first-order valence-corrected chi connectivity index (χ1v) is 5.40. The molecule has 0 aliphatic carbocycles. The number of benzene rings is 1. The Morgan fingerprint density at radius 3 is 2.19 bits per heavy atom. The molecule has 86 valence electrons. The van der Waals surface area contributed by atoms with E-state index in [1.165, 1.54) is 16.7 Å². The van der Waals surface area contributed by atoms with Crippen molar-refractivity contribution in [2.24, 2.45) is 5.73 Å². The highest BCUT2D eigenvalue weighted by atomic mass is 14.5. The summed E-state index contributed by atoms with van der Waals surface area (Å²) in [6, 6.07) is 8.47. The Hall–Kier alpha value is -1.60. The molecule has 16 heavy (non-hydrogen) atoms. The summed E-state index contributed by atoms with van der Waals surface area (Å²) in [5.41, 5.74) is 9.15. The fourth-order valence-corrected chi connectivity index (χ4v) is 1.43. The van der Waals surface area contributed by atoms with Gasteiger partial charge in [0.25, 0.3) is 0 Å². The monoisotopic (exact) mass is 215 g/mol. The molecule has 0 unspecified atom stereocenters. The lowest BCUT2D eigenvalue weighted by Crippen LogP contribution is -2.02. The second-order valence-electron chi connectivity index (χ2n) is 3.18. The number of nitrogens with two attached hydrogens (primary N) is 1. The summed E-state index contributed by atoms with van der Waals surface area (Å²) in [6.07, 6.45) is 4.88. The van der Waals surface area contributed by atoms with E-state index in [1.807, 2.05) is 13.0 Å². The Kier molecular flexibility index (Phi) is 7.82. The first kappa shape index (κ1) is 14.4. The zero-order chi connectivity index (χ0) is 12.4. The molecule has 0 fully saturated rings. The number of hydrogen-bond acceptors (Lipinski definition) is 1. The summed E-state index contributed by atoms with van der Waals surface area (Å²) in [4.78, 5) is 0. The Morgan fingerprint density at radius 2 is 1.81 bits per heavy atom. The summed E-state index contributed by atoms with van der Waals surface area (Å²) in [5.74, 6) is 0. The van der Waals surface area contributed by atoms with E-state index in [0.29, 0.717) is 6.54 Å². The van der Waals surface area contributed by atoms with Crippen LogP contribution in [0.4, 0.5) is 0 Å². The van der Waals surface area contributed by atoms with Gasteiger partial charge in [-0.25, -0.2) is 0 Å². The maximum atomic E-state index is 5.48. The van der Waals surface area contributed by atoms with Crippen molar-refractivity contribution in [2.45, 2.75) is 13.3 Å². The predicted molar refractivity (Wildman–Crippen MR) is 74.3 cm³/mol. The first-order chi connectivity index (χ1) is 7.81. The van der Waals surface area contributed by atoms with Crippen molar-refractivity contribution >= 4 is 5.57 Å². The van der Waals surface area contributed by atoms with Gasteiger partial charge >= 0.3 is 0 Å². The van der Waals surface area contributed by atoms with E-state index < -0.39 is 0 Å². The van der Waals surface area contributed by atoms with Crippen molar-refractivity contribution in [3.05, 3.63) is 67.3 Å². The van der Waals surface area contributed by atoms with Crippen molar-refractivity contribution in [2.75, 3.05) is 6.54 Å². The zero-order valence-corrected chi connectivity index (χ0v) is 10.1. The Morgan fingerprint density at radius 1 is 1.25 bits per heavy atom. The van der Waals surface area contributed by atoms with Gasteiger partial charge in [-0.2, -0.15) is 0 Å². The van der Waals surface area contributed by atoms with Gasteiger partial charge < -0.3 is 5.73 Å². The number of rotatable bonds is 4. The van der Waals surface area contributed by atoms with Gasteiger partial charge in [-0.1, -0.05) is 43.0 Å². The largest absolute Gasteiger partial charge is 0.330 e. The minimum atomic E-state index is 0.706. The average Bonchev–Trinajstić information content (AvgIpc) is 2.36. The van der Waals surface area contributed by atoms with E-state index in [9.17, 15) is 0 Å². The number of hydrogen-bond donors (Lipinski definition) is 1. The molecule has 0 atom stereocenters. The van der Waals surface area contributed by atoms with Crippen molar-refractivity contribution in [1.82, 2.24) is 0 Å². The molecule has 1 aromatic carbocycles. The van der Waals surface area contributed by atoms with Crippen LogP contribution < -0.4 is 5.73 Å². The van der Waals surface area contributed by atoms with Gasteiger partial charge in [0.1, 0.15) is 0 Å². The Labute approximate surface area is 99.0 Å². The molecule has 0 aliphatic heterocycles. The molecule has 0 radical (unpaired) electrons. The van der Waals surface area contributed by atoms with Crippen molar-refractivity contribution in [3.8, 4) is 0 Å². The zero-order valence-electron chi connectivity index (χ0n) is 10.1. The third kappa shape index (κ3) is 4.28. The number of allylic oxidation sites excluding steroid dienone is 3. The minimum Gasteiger partial charge on any atom is -0.330 e. The van der Waals surface area contributed by atoms with E-state index in [4.69, 9.17) is 5.73 Å². The third-order valence-corrected chi connectivity index (χ3v) is 2.25. The van der Waals surface area contributed by atoms with E-state index in [1.54, 1.807) is 0 Å². The van der Waals surface area contributed by atoms with E-state index in [0.717, 1.165) is 6.42 Å². The molecule has 1 heteroatoms. The molecule has 1 rings (SSSR count). The van der Waals surface area contributed by atoms with Gasteiger partial charge in [0.2, 0.25) is 0 Å². The average molecular weight is 215 g/mol. The maximum absolute atomic E-state index is 5.48. The quantitative estimate of drug-likeness (QED) is 0.603. The first-order valence-electron chi connectivity index (χ1n) is 5.40. The van der Waals surface area contributed by atoms with Gasteiger partial charge in [-0.3, -0.25) is 0 Å². The van der Waals surface area contributed by atoms with Gasteiger partial charge in [0.05, 0.1) is 0 Å². The molecule has 1 nitrogen and oxygen atoms in total. The van der Waals surface area contributed by atoms with Crippen LogP contribution >= 0.6 is 0 Å². The summed E-state index contributed by atoms with van der Waals surface area (Å²) >= 11 is 0. The predicted octanol–water partition coefficient (Wildman–Crippen LogP) is 3.58. The molecule has 0 amide bonds. The highest BCUT2D eigenvalue weighted by Crippen LogP contribution is 2.15. The standard InChI is InChI=1S/C13H17N.C2H4/c1-3-12(4-2)13-7-5-11(6-8-13)9-10-14;1-2/h3-8H,1,9-10,14H2,2H3;1-2H2/b12-4+;. The van der Waals surface area contributed by atoms with E-state index in [-0.39, 0.29) is 0 Å². The van der Waals surface area contributed by atoms with Crippen LogP contribution in [-0.2, 0) is 6.42 Å². The maximum Gasteiger partial charge on any atom is -0.00367 e. The minimum absolute atomic E-state index is 0.706. The van der Waals surface area contributed by atoms with Crippen molar-refractivity contribution in [3.63, 3.8) is 0 Å². The summed E-state index contributed by atoms with van der Waals surface area (Å²) in [6.45, 7) is 12.5. The van der Waals surface area contributed by atoms with Crippen molar-refractivity contribution in [1.29, 1.82) is 0 Å². The van der Waals surface area contributed by atoms with Crippen LogP contribution in [0.1, 0.15) is 18.1 Å². The summed E-state index contributed by atoms with van der Waals surface area (Å²) in [7, 11) is 0.